The van der Waals surface area contributed by atoms with Crippen LogP contribution in [0.2, 0.25) is 0 Å². The van der Waals surface area contributed by atoms with Crippen LogP contribution < -0.4 is 14.5 Å². The first-order valence-electron chi connectivity index (χ1n) is 10.2. The Kier molecular flexibility index (Phi) is 5.43. The van der Waals surface area contributed by atoms with Crippen LogP contribution in [0.5, 0.6) is 5.75 Å². The summed E-state index contributed by atoms with van der Waals surface area (Å²) in [6, 6.07) is 15.4. The molecular formula is C23H27N3O3. The average Bonchev–Trinajstić information content (AvgIpc) is 3.18. The number of para-hydroxylation sites is 3. The van der Waals surface area contributed by atoms with Crippen molar-refractivity contribution in [3.8, 4) is 5.75 Å². The minimum atomic E-state index is -0.112. The third-order valence-electron chi connectivity index (χ3n) is 5.63. The number of carbonyl (C=O) groups excluding carboxylic acids is 2. The SMILES string of the molecule is CCN1C[C@@H](CN(C)C(=O)c2ccccc2N2CCCC2=O)Oc2ccccc21. The highest BCUT2D eigenvalue weighted by Gasteiger charge is 2.29. The lowest BCUT2D eigenvalue weighted by molar-refractivity contribution is -0.117. The van der Waals surface area contributed by atoms with E-state index in [0.717, 1.165) is 30.9 Å². The minimum absolute atomic E-state index is 0.0821. The molecular weight excluding hydrogens is 366 g/mol. The molecule has 0 radical (unpaired) electrons. The van der Waals surface area contributed by atoms with Crippen molar-refractivity contribution in [1.29, 1.82) is 0 Å². The number of benzene rings is 2. The van der Waals surface area contributed by atoms with E-state index in [1.807, 2.05) is 36.4 Å². The smallest absolute Gasteiger partial charge is 0.255 e. The molecule has 2 aromatic carbocycles. The number of hydrogen-bond acceptors (Lipinski definition) is 4. The number of rotatable bonds is 5. The van der Waals surface area contributed by atoms with Crippen molar-refractivity contribution in [2.24, 2.45) is 0 Å². The van der Waals surface area contributed by atoms with E-state index in [0.29, 0.717) is 30.8 Å². The van der Waals surface area contributed by atoms with Crippen LogP contribution >= 0.6 is 0 Å². The van der Waals surface area contributed by atoms with Crippen LogP contribution in [-0.4, -0.2) is 56.0 Å². The first-order chi connectivity index (χ1) is 14.1. The van der Waals surface area contributed by atoms with Crippen LogP contribution in [0.15, 0.2) is 48.5 Å². The zero-order valence-corrected chi connectivity index (χ0v) is 17.0. The normalized spacial score (nSPS) is 18.4. The van der Waals surface area contributed by atoms with E-state index >= 15 is 0 Å². The maximum atomic E-state index is 13.2. The summed E-state index contributed by atoms with van der Waals surface area (Å²) in [5, 5.41) is 0. The molecule has 152 valence electrons. The maximum Gasteiger partial charge on any atom is 0.255 e. The summed E-state index contributed by atoms with van der Waals surface area (Å²) in [6.07, 6.45) is 1.26. The Balaban J connectivity index is 1.51. The van der Waals surface area contributed by atoms with Gasteiger partial charge in [-0.2, -0.15) is 0 Å². The number of ether oxygens (including phenoxy) is 1. The average molecular weight is 393 g/mol. The van der Waals surface area contributed by atoms with E-state index in [1.165, 1.54) is 0 Å². The zero-order chi connectivity index (χ0) is 20.4. The zero-order valence-electron chi connectivity index (χ0n) is 17.0. The van der Waals surface area contributed by atoms with Crippen LogP contribution in [0.4, 0.5) is 11.4 Å². The molecule has 2 heterocycles. The van der Waals surface area contributed by atoms with Crippen LogP contribution in [0.25, 0.3) is 0 Å². The lowest BCUT2D eigenvalue weighted by atomic mass is 10.1. The Bertz CT molecular complexity index is 914. The largest absolute Gasteiger partial charge is 0.485 e. The highest BCUT2D eigenvalue weighted by molar-refractivity contribution is 6.05. The number of carbonyl (C=O) groups is 2. The number of likely N-dealkylation sites (N-methyl/N-ethyl adjacent to an activating group) is 2. The fourth-order valence-corrected chi connectivity index (χ4v) is 4.16. The minimum Gasteiger partial charge on any atom is -0.485 e. The second-order valence-electron chi connectivity index (χ2n) is 7.60. The monoisotopic (exact) mass is 393 g/mol. The molecule has 6 heteroatoms. The first kappa shape index (κ1) is 19.3. The first-order valence-corrected chi connectivity index (χ1v) is 10.2. The van der Waals surface area contributed by atoms with E-state index in [1.54, 1.807) is 22.9 Å². The standard InChI is InChI=1S/C23H27N3O3/c1-3-25-16-17(29-21-12-7-6-11-20(21)25)15-24(2)23(28)18-9-4-5-10-19(18)26-14-8-13-22(26)27/h4-7,9-12,17H,3,8,13-16H2,1-2H3/t17-/m1/s1. The Morgan fingerprint density at radius 2 is 1.86 bits per heavy atom. The second kappa shape index (κ2) is 8.15. The van der Waals surface area contributed by atoms with Crippen molar-refractivity contribution in [2.75, 3.05) is 43.0 Å². The van der Waals surface area contributed by atoms with Crippen molar-refractivity contribution < 1.29 is 14.3 Å². The molecule has 0 unspecified atom stereocenters. The third-order valence-corrected chi connectivity index (χ3v) is 5.63. The molecule has 1 atom stereocenters. The van der Waals surface area contributed by atoms with E-state index in [-0.39, 0.29) is 17.9 Å². The van der Waals surface area contributed by atoms with Crippen LogP contribution in [0.1, 0.15) is 30.1 Å². The maximum absolute atomic E-state index is 13.2. The summed E-state index contributed by atoms with van der Waals surface area (Å²) in [5.41, 5.74) is 2.36. The van der Waals surface area contributed by atoms with Crippen molar-refractivity contribution in [3.63, 3.8) is 0 Å². The highest BCUT2D eigenvalue weighted by Crippen LogP contribution is 2.33. The van der Waals surface area contributed by atoms with Gasteiger partial charge >= 0.3 is 0 Å². The molecule has 6 nitrogen and oxygen atoms in total. The number of hydrogen-bond donors (Lipinski definition) is 0. The van der Waals surface area contributed by atoms with Crippen molar-refractivity contribution in [2.45, 2.75) is 25.9 Å². The Morgan fingerprint density at radius 1 is 1.14 bits per heavy atom. The third kappa shape index (κ3) is 3.79. The van der Waals surface area contributed by atoms with Crippen LogP contribution in [-0.2, 0) is 4.79 Å². The molecule has 2 amide bonds. The summed E-state index contributed by atoms with van der Waals surface area (Å²) < 4.78 is 6.17. The molecule has 0 bridgehead atoms. The fraction of sp³-hybridized carbons (Fsp3) is 0.391. The molecule has 29 heavy (non-hydrogen) atoms. The number of anilines is 2. The van der Waals surface area contributed by atoms with Crippen LogP contribution in [0.3, 0.4) is 0 Å². The van der Waals surface area contributed by atoms with Gasteiger partial charge in [-0.05, 0) is 37.6 Å². The topological polar surface area (TPSA) is 53.1 Å². The molecule has 4 rings (SSSR count). The van der Waals surface area contributed by atoms with Crippen LogP contribution in [0, 0.1) is 0 Å². The van der Waals surface area contributed by atoms with Gasteiger partial charge in [0.2, 0.25) is 5.91 Å². The summed E-state index contributed by atoms with van der Waals surface area (Å²) in [5.74, 6) is 0.846. The molecule has 0 spiro atoms. The van der Waals surface area contributed by atoms with E-state index in [9.17, 15) is 9.59 Å². The quantitative estimate of drug-likeness (QED) is 0.783. The summed E-state index contributed by atoms with van der Waals surface area (Å²) in [4.78, 5) is 31.1. The van der Waals surface area contributed by atoms with Gasteiger partial charge in [0.15, 0.2) is 0 Å². The van der Waals surface area contributed by atoms with Gasteiger partial charge in [-0.25, -0.2) is 0 Å². The predicted octanol–water partition coefficient (Wildman–Crippen LogP) is 3.17. The van der Waals surface area contributed by atoms with Gasteiger partial charge in [-0.15, -0.1) is 0 Å². The molecule has 2 aromatic rings. The predicted molar refractivity (Wildman–Crippen MR) is 114 cm³/mol. The number of nitrogens with zero attached hydrogens (tertiary/aromatic N) is 3. The van der Waals surface area contributed by atoms with E-state index < -0.39 is 0 Å². The van der Waals surface area contributed by atoms with E-state index in [2.05, 4.69) is 17.9 Å². The summed E-state index contributed by atoms with van der Waals surface area (Å²) in [7, 11) is 1.80. The molecule has 2 aliphatic heterocycles. The Morgan fingerprint density at radius 3 is 2.59 bits per heavy atom. The molecule has 0 aliphatic carbocycles. The lowest BCUT2D eigenvalue weighted by Gasteiger charge is -2.37. The Labute approximate surface area is 171 Å². The highest BCUT2D eigenvalue weighted by atomic mass is 16.5. The number of amides is 2. The van der Waals surface area contributed by atoms with Crippen molar-refractivity contribution in [1.82, 2.24) is 4.90 Å². The van der Waals surface area contributed by atoms with Gasteiger partial charge < -0.3 is 19.4 Å². The van der Waals surface area contributed by atoms with E-state index in [4.69, 9.17) is 4.74 Å². The molecule has 1 fully saturated rings. The summed E-state index contributed by atoms with van der Waals surface area (Å²) >= 11 is 0. The van der Waals surface area contributed by atoms with Gasteiger partial charge in [-0.1, -0.05) is 24.3 Å². The van der Waals surface area contributed by atoms with Crippen molar-refractivity contribution in [3.05, 3.63) is 54.1 Å². The molecule has 2 aliphatic rings. The molecule has 0 saturated carbocycles. The van der Waals surface area contributed by atoms with Gasteiger partial charge in [0.25, 0.3) is 5.91 Å². The second-order valence-corrected chi connectivity index (χ2v) is 7.60. The van der Waals surface area contributed by atoms with Gasteiger partial charge in [-0.3, -0.25) is 9.59 Å². The summed E-state index contributed by atoms with van der Waals surface area (Å²) in [6.45, 7) is 4.88. The fourth-order valence-electron chi connectivity index (χ4n) is 4.16. The van der Waals surface area contributed by atoms with Crippen molar-refractivity contribution >= 4 is 23.2 Å². The van der Waals surface area contributed by atoms with Gasteiger partial charge in [0, 0.05) is 26.6 Å². The lowest BCUT2D eigenvalue weighted by Crippen LogP contribution is -2.47. The number of fused-ring (bicyclic) bond motifs is 1. The molecule has 1 saturated heterocycles. The molecule has 0 N–H and O–H groups in total. The Hall–Kier alpha value is -3.02. The molecule has 0 aromatic heterocycles. The van der Waals surface area contributed by atoms with Gasteiger partial charge in [0.1, 0.15) is 11.9 Å². The van der Waals surface area contributed by atoms with Gasteiger partial charge in [0.05, 0.1) is 30.0 Å².